The number of nitrogens with zero attached hydrogens (tertiary/aromatic N) is 1. The van der Waals surface area contributed by atoms with Crippen LogP contribution in [0.4, 0.5) is 5.69 Å². The van der Waals surface area contributed by atoms with Gasteiger partial charge in [-0.1, -0.05) is 18.2 Å². The topological polar surface area (TPSA) is 24.4 Å². The summed E-state index contributed by atoms with van der Waals surface area (Å²) < 4.78 is 0. The number of fused-ring (bicyclic) bond motifs is 1. The number of hydrogen-bond donors (Lipinski definition) is 1. The van der Waals surface area contributed by atoms with E-state index in [1.165, 1.54) is 5.56 Å². The predicted octanol–water partition coefficient (Wildman–Crippen LogP) is 2.49. The number of aliphatic imine (C=N–C) groups is 1. The Morgan fingerprint density at radius 1 is 1.46 bits per heavy atom. The van der Waals surface area contributed by atoms with Crippen LogP contribution in [0.2, 0.25) is 0 Å². The van der Waals surface area contributed by atoms with E-state index in [4.69, 9.17) is 11.6 Å². The van der Waals surface area contributed by atoms with Gasteiger partial charge >= 0.3 is 0 Å². The number of halogens is 1. The molecule has 0 amide bonds. The third-order valence-corrected chi connectivity index (χ3v) is 2.43. The van der Waals surface area contributed by atoms with Gasteiger partial charge in [0.25, 0.3) is 0 Å². The molecule has 0 saturated carbocycles. The minimum Gasteiger partial charge on any atom is -0.362 e. The highest BCUT2D eigenvalue weighted by atomic mass is 35.5. The van der Waals surface area contributed by atoms with Crippen molar-refractivity contribution in [2.75, 3.05) is 11.2 Å². The molecular formula is C10H11ClN2. The Labute approximate surface area is 82.6 Å². The number of para-hydroxylation sites is 1. The smallest absolute Gasteiger partial charge is 0.132 e. The van der Waals surface area contributed by atoms with Gasteiger partial charge in [-0.15, -0.1) is 11.6 Å². The second-order valence-corrected chi connectivity index (χ2v) is 3.38. The lowest BCUT2D eigenvalue weighted by Gasteiger charge is -2.22. The molecule has 1 unspecified atom stereocenters. The van der Waals surface area contributed by atoms with Crippen molar-refractivity contribution in [2.45, 2.75) is 13.1 Å². The van der Waals surface area contributed by atoms with Crippen LogP contribution in [0.5, 0.6) is 0 Å². The number of rotatable bonds is 1. The van der Waals surface area contributed by atoms with Gasteiger partial charge in [0.15, 0.2) is 0 Å². The van der Waals surface area contributed by atoms with Crippen molar-refractivity contribution in [3.63, 3.8) is 0 Å². The van der Waals surface area contributed by atoms with Crippen LogP contribution in [0.3, 0.4) is 0 Å². The molecule has 13 heavy (non-hydrogen) atoms. The maximum absolute atomic E-state index is 5.74. The number of hydrogen-bond acceptors (Lipinski definition) is 2. The molecule has 2 nitrogen and oxygen atoms in total. The molecule has 0 spiro atoms. The van der Waals surface area contributed by atoms with Crippen molar-refractivity contribution in [3.05, 3.63) is 29.8 Å². The molecule has 0 bridgehead atoms. The van der Waals surface area contributed by atoms with E-state index in [2.05, 4.69) is 16.4 Å². The highest BCUT2D eigenvalue weighted by Crippen LogP contribution is 2.22. The van der Waals surface area contributed by atoms with Crippen LogP contribution >= 0.6 is 11.6 Å². The molecule has 1 atom stereocenters. The number of nitrogens with one attached hydrogen (secondary N) is 1. The second kappa shape index (κ2) is 3.38. The van der Waals surface area contributed by atoms with Gasteiger partial charge in [0.2, 0.25) is 0 Å². The molecule has 2 rings (SSSR count). The van der Waals surface area contributed by atoms with Crippen molar-refractivity contribution >= 4 is 23.0 Å². The van der Waals surface area contributed by atoms with Gasteiger partial charge in [-0.2, -0.15) is 0 Å². The van der Waals surface area contributed by atoms with Crippen LogP contribution in [0.25, 0.3) is 0 Å². The fourth-order valence-electron chi connectivity index (χ4n) is 1.51. The lowest BCUT2D eigenvalue weighted by atomic mass is 10.1. The van der Waals surface area contributed by atoms with Crippen molar-refractivity contribution in [3.8, 4) is 0 Å². The van der Waals surface area contributed by atoms with Gasteiger partial charge in [0.05, 0.1) is 5.88 Å². The summed E-state index contributed by atoms with van der Waals surface area (Å²) in [5, 5.41) is 3.26. The van der Waals surface area contributed by atoms with E-state index >= 15 is 0 Å². The quantitative estimate of drug-likeness (QED) is 0.683. The lowest BCUT2D eigenvalue weighted by Crippen LogP contribution is -2.25. The zero-order chi connectivity index (χ0) is 9.26. The molecule has 1 aromatic rings. The van der Waals surface area contributed by atoms with Gasteiger partial charge < -0.3 is 5.32 Å². The SMILES string of the molecule is CC1=NC(CCl)Nc2ccccc21. The molecule has 0 saturated heterocycles. The normalized spacial score (nSPS) is 20.2. The first-order valence-electron chi connectivity index (χ1n) is 4.27. The summed E-state index contributed by atoms with van der Waals surface area (Å²) in [6, 6.07) is 8.13. The predicted molar refractivity (Wildman–Crippen MR) is 56.8 cm³/mol. The van der Waals surface area contributed by atoms with Crippen LogP contribution in [0.15, 0.2) is 29.3 Å². The second-order valence-electron chi connectivity index (χ2n) is 3.07. The van der Waals surface area contributed by atoms with Gasteiger partial charge in [0.1, 0.15) is 6.17 Å². The summed E-state index contributed by atoms with van der Waals surface area (Å²) in [6.07, 6.45) is 0.0246. The van der Waals surface area contributed by atoms with E-state index in [0.717, 1.165) is 11.4 Å². The minimum absolute atomic E-state index is 0.0246. The Morgan fingerprint density at radius 2 is 2.23 bits per heavy atom. The van der Waals surface area contributed by atoms with E-state index in [-0.39, 0.29) is 6.17 Å². The highest BCUT2D eigenvalue weighted by molar-refractivity contribution is 6.18. The fraction of sp³-hybridized carbons (Fsp3) is 0.300. The Hall–Kier alpha value is -1.02. The fourth-order valence-corrected chi connectivity index (χ4v) is 1.66. The first-order chi connectivity index (χ1) is 6.31. The van der Waals surface area contributed by atoms with Gasteiger partial charge in [-0.25, -0.2) is 0 Å². The van der Waals surface area contributed by atoms with Crippen molar-refractivity contribution in [2.24, 2.45) is 4.99 Å². The van der Waals surface area contributed by atoms with Crippen molar-refractivity contribution < 1.29 is 0 Å². The van der Waals surface area contributed by atoms with Gasteiger partial charge in [0, 0.05) is 17.0 Å². The molecule has 1 N–H and O–H groups in total. The van der Waals surface area contributed by atoms with E-state index < -0.39 is 0 Å². The maximum Gasteiger partial charge on any atom is 0.132 e. The van der Waals surface area contributed by atoms with Gasteiger partial charge in [-0.05, 0) is 13.0 Å². The van der Waals surface area contributed by atoms with Crippen LogP contribution in [-0.2, 0) is 0 Å². The number of alkyl halides is 1. The summed E-state index contributed by atoms with van der Waals surface area (Å²) in [5.74, 6) is 0.506. The summed E-state index contributed by atoms with van der Waals surface area (Å²) in [6.45, 7) is 2.01. The molecule has 1 aliphatic rings. The Kier molecular flexibility index (Phi) is 2.23. The number of benzene rings is 1. The van der Waals surface area contributed by atoms with Crippen molar-refractivity contribution in [1.82, 2.24) is 0 Å². The monoisotopic (exact) mass is 194 g/mol. The van der Waals surface area contributed by atoms with Crippen LogP contribution in [0, 0.1) is 0 Å². The lowest BCUT2D eigenvalue weighted by molar-refractivity contribution is 0.849. The average Bonchev–Trinajstić information content (AvgIpc) is 2.18. The first kappa shape index (κ1) is 8.57. The zero-order valence-electron chi connectivity index (χ0n) is 7.42. The molecule has 0 fully saturated rings. The molecule has 3 heteroatoms. The van der Waals surface area contributed by atoms with Crippen molar-refractivity contribution in [1.29, 1.82) is 0 Å². The number of anilines is 1. The molecular weight excluding hydrogens is 184 g/mol. The third-order valence-electron chi connectivity index (χ3n) is 2.13. The molecule has 1 heterocycles. The summed E-state index contributed by atoms with van der Waals surface area (Å²) >= 11 is 5.74. The molecule has 1 aromatic carbocycles. The van der Waals surface area contributed by atoms with E-state index in [9.17, 15) is 0 Å². The summed E-state index contributed by atoms with van der Waals surface area (Å²) in [5.41, 5.74) is 3.35. The zero-order valence-corrected chi connectivity index (χ0v) is 8.17. The third kappa shape index (κ3) is 1.54. The Bertz CT molecular complexity index is 347. The standard InChI is InChI=1S/C10H11ClN2/c1-7-8-4-2-3-5-9(8)13-10(6-11)12-7/h2-5,10,13H,6H2,1H3. The largest absolute Gasteiger partial charge is 0.362 e. The van der Waals surface area contributed by atoms with E-state index in [1.54, 1.807) is 0 Å². The Balaban J connectivity index is 2.42. The van der Waals surface area contributed by atoms with E-state index in [0.29, 0.717) is 5.88 Å². The molecule has 68 valence electrons. The minimum atomic E-state index is 0.0246. The van der Waals surface area contributed by atoms with Crippen LogP contribution in [-0.4, -0.2) is 17.8 Å². The molecule has 1 aliphatic heterocycles. The maximum atomic E-state index is 5.74. The van der Waals surface area contributed by atoms with E-state index in [1.807, 2.05) is 25.1 Å². The van der Waals surface area contributed by atoms with Gasteiger partial charge in [-0.3, -0.25) is 4.99 Å². The first-order valence-corrected chi connectivity index (χ1v) is 4.81. The molecule has 0 aromatic heterocycles. The molecule has 0 radical (unpaired) electrons. The summed E-state index contributed by atoms with van der Waals surface area (Å²) in [4.78, 5) is 4.42. The highest BCUT2D eigenvalue weighted by Gasteiger charge is 2.15. The molecule has 0 aliphatic carbocycles. The van der Waals surface area contributed by atoms with Crippen LogP contribution < -0.4 is 5.32 Å². The summed E-state index contributed by atoms with van der Waals surface area (Å²) in [7, 11) is 0. The van der Waals surface area contributed by atoms with Crippen LogP contribution in [0.1, 0.15) is 12.5 Å². The Morgan fingerprint density at radius 3 is 3.00 bits per heavy atom. The average molecular weight is 195 g/mol.